The molecule has 0 radical (unpaired) electrons. The van der Waals surface area contributed by atoms with Crippen LogP contribution in [0.1, 0.15) is 43.7 Å². The van der Waals surface area contributed by atoms with E-state index in [0.717, 1.165) is 16.0 Å². The molecule has 39 heavy (non-hydrogen) atoms. The van der Waals surface area contributed by atoms with Crippen molar-refractivity contribution in [2.24, 2.45) is 11.5 Å². The van der Waals surface area contributed by atoms with Crippen LogP contribution in [0.15, 0.2) is 60.7 Å². The minimum Gasteiger partial charge on any atom is -0.435 e. The quantitative estimate of drug-likeness (QED) is 0.270. The van der Waals surface area contributed by atoms with Crippen molar-refractivity contribution in [1.82, 2.24) is 10.2 Å². The molecule has 3 rings (SSSR count). The largest absolute Gasteiger partial charge is 0.515 e. The van der Waals surface area contributed by atoms with E-state index in [2.05, 4.69) is 5.32 Å². The summed E-state index contributed by atoms with van der Waals surface area (Å²) in [5, 5.41) is 24.8. The molecule has 5 amide bonds. The first-order chi connectivity index (χ1) is 18.6. The highest BCUT2D eigenvalue weighted by atomic mass is 16.4. The lowest BCUT2D eigenvalue weighted by Gasteiger charge is -2.46. The highest BCUT2D eigenvalue weighted by molar-refractivity contribution is 5.99. The van der Waals surface area contributed by atoms with E-state index < -0.39 is 59.2 Å². The molecule has 11 heteroatoms. The van der Waals surface area contributed by atoms with Crippen molar-refractivity contribution in [2.45, 2.75) is 69.9 Å². The Bertz CT molecular complexity index is 1150. The Kier molecular flexibility index (Phi) is 10.2. The van der Waals surface area contributed by atoms with Crippen molar-refractivity contribution in [2.75, 3.05) is 6.54 Å². The summed E-state index contributed by atoms with van der Waals surface area (Å²) in [6, 6.07) is 15.4. The van der Waals surface area contributed by atoms with E-state index in [4.69, 9.17) is 11.5 Å². The normalized spacial score (nSPS) is 20.9. The number of aliphatic hydroxyl groups excluding tert-OH is 1. The van der Waals surface area contributed by atoms with E-state index in [1.165, 1.54) is 0 Å². The number of hydrogen-bond acceptors (Lipinski definition) is 6. The van der Waals surface area contributed by atoms with Gasteiger partial charge in [0.1, 0.15) is 6.10 Å². The standard InChI is InChI=1S/C28H37N5O6/c1-19-9-8-16-33(19,28(38)39)25(23(34)15-14-20-10-4-2-5-11-20)32(26(36)22(29)17-24(30)35)27(37)31-18-21-12-6-3-7-13-21/h2-7,10-13,19,22-23,25,34H,8-9,14-18,29H2,1H3,(H3-,30,31,35,37,38,39)/p+1/t19-,22+,23?,25?,33?/m1/s1. The van der Waals surface area contributed by atoms with Crippen molar-refractivity contribution in [1.29, 1.82) is 0 Å². The molecule has 1 heterocycles. The van der Waals surface area contributed by atoms with Gasteiger partial charge in [0.25, 0.3) is 5.91 Å². The number of rotatable bonds is 11. The molecule has 0 aromatic heterocycles. The summed E-state index contributed by atoms with van der Waals surface area (Å²) in [4.78, 5) is 52.6. The molecule has 0 aliphatic carbocycles. The predicted molar refractivity (Wildman–Crippen MR) is 144 cm³/mol. The van der Waals surface area contributed by atoms with Gasteiger partial charge in [0, 0.05) is 19.4 Å². The minimum absolute atomic E-state index is 0.0456. The second-order valence-corrected chi connectivity index (χ2v) is 10.1. The molecule has 0 saturated carbocycles. The van der Waals surface area contributed by atoms with Crippen molar-refractivity contribution >= 4 is 23.9 Å². The monoisotopic (exact) mass is 540 g/mol. The number of likely N-dealkylation sites (tertiary alicyclic amines) is 1. The number of amides is 5. The number of hydrogen-bond donors (Lipinski definition) is 5. The number of nitrogens with one attached hydrogen (secondary N) is 1. The van der Waals surface area contributed by atoms with Crippen molar-refractivity contribution in [3.63, 3.8) is 0 Å². The Morgan fingerprint density at radius 3 is 2.15 bits per heavy atom. The summed E-state index contributed by atoms with van der Waals surface area (Å²) in [6.45, 7) is 1.88. The fourth-order valence-electron chi connectivity index (χ4n) is 5.37. The molecule has 7 N–H and O–H groups in total. The van der Waals surface area contributed by atoms with Crippen molar-refractivity contribution in [3.8, 4) is 0 Å². The van der Waals surface area contributed by atoms with Crippen LogP contribution < -0.4 is 16.8 Å². The summed E-state index contributed by atoms with van der Waals surface area (Å²) < 4.78 is -0.719. The molecule has 2 aromatic carbocycles. The van der Waals surface area contributed by atoms with Gasteiger partial charge in [-0.15, -0.1) is 0 Å². The van der Waals surface area contributed by atoms with Crippen LogP contribution in [-0.2, 0) is 22.6 Å². The molecular weight excluding hydrogens is 502 g/mol. The molecule has 0 spiro atoms. The van der Waals surface area contributed by atoms with Gasteiger partial charge in [-0.1, -0.05) is 60.7 Å². The van der Waals surface area contributed by atoms with Crippen LogP contribution in [0.4, 0.5) is 9.59 Å². The first-order valence-corrected chi connectivity index (χ1v) is 13.1. The predicted octanol–water partition coefficient (Wildman–Crippen LogP) is 1.92. The Morgan fingerprint density at radius 1 is 1.05 bits per heavy atom. The van der Waals surface area contributed by atoms with Gasteiger partial charge in [-0.05, 0) is 30.9 Å². The van der Waals surface area contributed by atoms with Gasteiger partial charge in [-0.3, -0.25) is 9.59 Å². The van der Waals surface area contributed by atoms with Crippen molar-refractivity contribution < 1.29 is 33.9 Å². The van der Waals surface area contributed by atoms with Crippen LogP contribution in [0.3, 0.4) is 0 Å². The molecular formula is C28H38N5O6+. The highest BCUT2D eigenvalue weighted by Gasteiger charge is 2.59. The lowest BCUT2D eigenvalue weighted by Crippen LogP contribution is -2.73. The van der Waals surface area contributed by atoms with Crippen molar-refractivity contribution in [3.05, 3.63) is 71.8 Å². The number of aliphatic hydroxyl groups is 1. The Morgan fingerprint density at radius 2 is 1.64 bits per heavy atom. The Hall–Kier alpha value is -3.80. The fourth-order valence-corrected chi connectivity index (χ4v) is 5.37. The fraction of sp³-hybridized carbons (Fsp3) is 0.429. The molecule has 0 bridgehead atoms. The number of nitrogens with zero attached hydrogens (tertiary/aromatic N) is 2. The first kappa shape index (κ1) is 29.8. The molecule has 1 saturated heterocycles. The SMILES string of the molecule is C[C@@H]1CCC[N+]1(C(=O)O)C(C(O)CCc1ccccc1)N(C(=O)NCc1ccccc1)C(=O)[C@@H](N)CC(N)=O. The van der Waals surface area contributed by atoms with Gasteiger partial charge in [0.2, 0.25) is 12.1 Å². The molecule has 5 atom stereocenters. The third kappa shape index (κ3) is 6.99. The van der Waals surface area contributed by atoms with Crippen LogP contribution in [0.5, 0.6) is 0 Å². The van der Waals surface area contributed by atoms with E-state index >= 15 is 0 Å². The summed E-state index contributed by atoms with van der Waals surface area (Å²) in [7, 11) is 0. The molecule has 1 aliphatic rings. The third-order valence-corrected chi connectivity index (χ3v) is 7.43. The zero-order chi connectivity index (χ0) is 28.6. The van der Waals surface area contributed by atoms with E-state index in [0.29, 0.717) is 19.3 Å². The van der Waals surface area contributed by atoms with Gasteiger partial charge >= 0.3 is 12.1 Å². The number of quaternary nitrogens is 1. The average Bonchev–Trinajstić information content (AvgIpc) is 3.31. The van der Waals surface area contributed by atoms with Crippen LogP contribution in [-0.4, -0.2) is 74.4 Å². The van der Waals surface area contributed by atoms with Crippen LogP contribution >= 0.6 is 0 Å². The summed E-state index contributed by atoms with van der Waals surface area (Å²) >= 11 is 0. The smallest absolute Gasteiger partial charge is 0.435 e. The van der Waals surface area contributed by atoms with Crippen LogP contribution in [0.2, 0.25) is 0 Å². The second kappa shape index (κ2) is 13.3. The zero-order valence-electron chi connectivity index (χ0n) is 22.1. The Balaban J connectivity index is 2.04. The molecule has 3 unspecified atom stereocenters. The maximum absolute atomic E-state index is 13.7. The minimum atomic E-state index is -1.50. The number of imide groups is 1. The number of aryl methyl sites for hydroxylation is 1. The zero-order valence-corrected chi connectivity index (χ0v) is 22.1. The molecule has 11 nitrogen and oxygen atoms in total. The van der Waals surface area contributed by atoms with Crippen LogP contribution in [0.25, 0.3) is 0 Å². The van der Waals surface area contributed by atoms with Gasteiger partial charge in [0.15, 0.2) is 0 Å². The maximum Gasteiger partial charge on any atom is 0.515 e. The number of nitrogens with two attached hydrogens (primary N) is 2. The maximum atomic E-state index is 13.7. The van der Waals surface area contributed by atoms with Gasteiger partial charge in [0.05, 0.1) is 25.0 Å². The van der Waals surface area contributed by atoms with E-state index in [1.54, 1.807) is 31.2 Å². The number of primary amides is 1. The highest BCUT2D eigenvalue weighted by Crippen LogP contribution is 2.35. The summed E-state index contributed by atoms with van der Waals surface area (Å²) in [6.07, 6.45) is -3.20. The first-order valence-electron chi connectivity index (χ1n) is 13.1. The number of carbonyl (C=O) groups excluding carboxylic acids is 3. The summed E-state index contributed by atoms with van der Waals surface area (Å²) in [5.41, 5.74) is 12.9. The summed E-state index contributed by atoms with van der Waals surface area (Å²) in [5.74, 6) is -1.83. The van der Waals surface area contributed by atoms with Gasteiger partial charge in [-0.2, -0.15) is 9.28 Å². The number of carbonyl (C=O) groups is 4. The third-order valence-electron chi connectivity index (χ3n) is 7.43. The van der Waals surface area contributed by atoms with Gasteiger partial charge < -0.3 is 27.0 Å². The lowest BCUT2D eigenvalue weighted by atomic mass is 10.0. The molecule has 1 aliphatic heterocycles. The number of carboxylic acid groups (broad SMARTS) is 1. The second-order valence-electron chi connectivity index (χ2n) is 10.1. The number of urea groups is 1. The number of benzene rings is 2. The van der Waals surface area contributed by atoms with E-state index in [1.807, 2.05) is 36.4 Å². The molecule has 1 fully saturated rings. The topological polar surface area (TPSA) is 176 Å². The van der Waals surface area contributed by atoms with E-state index in [-0.39, 0.29) is 19.5 Å². The van der Waals surface area contributed by atoms with Gasteiger partial charge in [-0.25, -0.2) is 9.69 Å². The van der Waals surface area contributed by atoms with Crippen LogP contribution in [0, 0.1) is 0 Å². The lowest BCUT2D eigenvalue weighted by molar-refractivity contribution is -0.904. The van der Waals surface area contributed by atoms with E-state index in [9.17, 15) is 29.4 Å². The molecule has 210 valence electrons. The molecule has 2 aromatic rings. The average molecular weight is 541 g/mol. The Labute approximate surface area is 228 Å².